The highest BCUT2D eigenvalue weighted by atomic mass is 32.2. The maximum absolute atomic E-state index is 12.5. The second-order valence-corrected chi connectivity index (χ2v) is 8.87. The van der Waals surface area contributed by atoms with Crippen LogP contribution in [0.2, 0.25) is 0 Å². The summed E-state index contributed by atoms with van der Waals surface area (Å²) >= 11 is 0. The molecule has 0 unspecified atom stereocenters. The molecule has 1 fully saturated rings. The van der Waals surface area contributed by atoms with Crippen LogP contribution in [0.15, 0.2) is 28.7 Å². The van der Waals surface area contributed by atoms with Crippen molar-refractivity contribution in [1.29, 1.82) is 0 Å². The quantitative estimate of drug-likeness (QED) is 0.762. The van der Waals surface area contributed by atoms with E-state index in [1.165, 1.54) is 6.42 Å². The van der Waals surface area contributed by atoms with E-state index < -0.39 is 10.8 Å². The Bertz CT molecular complexity index is 831. The molecule has 0 radical (unpaired) electrons. The first kappa shape index (κ1) is 20.6. The average Bonchev–Trinajstić information content (AvgIpc) is 3.04. The van der Waals surface area contributed by atoms with Gasteiger partial charge in [-0.15, -0.1) is 0 Å². The zero-order valence-corrected chi connectivity index (χ0v) is 17.5. The van der Waals surface area contributed by atoms with E-state index in [1.807, 2.05) is 24.3 Å². The molecule has 2 aromatic rings. The second-order valence-electron chi connectivity index (χ2n) is 7.41. The van der Waals surface area contributed by atoms with Crippen molar-refractivity contribution in [2.45, 2.75) is 51.3 Å². The Morgan fingerprint density at radius 1 is 1.29 bits per heavy atom. The molecule has 0 saturated heterocycles. The first-order chi connectivity index (χ1) is 13.5. The number of hydrogen-bond acceptors (Lipinski definition) is 5. The Hall–Kier alpha value is -2.15. The fraction of sp³-hybridized carbons (Fsp3) is 0.524. The summed E-state index contributed by atoms with van der Waals surface area (Å²) in [6, 6.07) is 7.61. The summed E-state index contributed by atoms with van der Waals surface area (Å²) in [6.07, 6.45) is 4.51. The Balaban J connectivity index is 1.57. The van der Waals surface area contributed by atoms with E-state index in [2.05, 4.69) is 17.2 Å². The number of oxazole rings is 1. The number of methoxy groups -OCH3 is 1. The summed E-state index contributed by atoms with van der Waals surface area (Å²) in [7, 11) is 0.284. The van der Waals surface area contributed by atoms with Crippen LogP contribution >= 0.6 is 0 Å². The lowest BCUT2D eigenvalue weighted by atomic mass is 9.86. The summed E-state index contributed by atoms with van der Waals surface area (Å²) in [5, 5.41) is 3.05. The van der Waals surface area contributed by atoms with E-state index in [-0.39, 0.29) is 23.5 Å². The minimum absolute atomic E-state index is 0.00656. The highest BCUT2D eigenvalue weighted by Crippen LogP contribution is 2.25. The van der Waals surface area contributed by atoms with Gasteiger partial charge in [0.1, 0.15) is 17.3 Å². The number of amides is 1. The summed E-state index contributed by atoms with van der Waals surface area (Å²) in [5.41, 5.74) is 1.45. The van der Waals surface area contributed by atoms with Crippen molar-refractivity contribution in [3.8, 4) is 17.2 Å². The van der Waals surface area contributed by atoms with Crippen LogP contribution in [0.3, 0.4) is 0 Å². The van der Waals surface area contributed by atoms with E-state index in [4.69, 9.17) is 9.15 Å². The summed E-state index contributed by atoms with van der Waals surface area (Å²) in [6.45, 7) is 3.97. The molecule has 3 rings (SSSR count). The zero-order chi connectivity index (χ0) is 20.1. The maximum atomic E-state index is 12.5. The molecule has 1 aliphatic carbocycles. The van der Waals surface area contributed by atoms with Crippen LogP contribution in [0.25, 0.3) is 11.5 Å². The molecule has 1 heterocycles. The van der Waals surface area contributed by atoms with Crippen molar-refractivity contribution in [1.82, 2.24) is 10.3 Å². The van der Waals surface area contributed by atoms with Crippen LogP contribution in [0.5, 0.6) is 5.75 Å². The van der Waals surface area contributed by atoms with E-state index in [1.54, 1.807) is 14.0 Å². The number of hydrogen-bond donors (Lipinski definition) is 1. The third kappa shape index (κ3) is 5.22. The van der Waals surface area contributed by atoms with Crippen LogP contribution in [0, 0.1) is 12.8 Å². The summed E-state index contributed by atoms with van der Waals surface area (Å²) in [4.78, 5) is 16.7. The minimum atomic E-state index is -1.33. The molecule has 0 spiro atoms. The third-order valence-electron chi connectivity index (χ3n) is 5.28. The minimum Gasteiger partial charge on any atom is -0.497 e. The van der Waals surface area contributed by atoms with Gasteiger partial charge in [-0.3, -0.25) is 9.00 Å². The number of ether oxygens (including phenoxy) is 1. The van der Waals surface area contributed by atoms with Crippen LogP contribution in [-0.2, 0) is 21.3 Å². The van der Waals surface area contributed by atoms with Crippen LogP contribution in [0.1, 0.15) is 44.1 Å². The predicted octanol–water partition coefficient (Wildman–Crippen LogP) is 3.60. The van der Waals surface area contributed by atoms with Crippen LogP contribution in [0.4, 0.5) is 0 Å². The highest BCUT2D eigenvalue weighted by Gasteiger charge is 2.24. The molecule has 1 aromatic heterocycles. The largest absolute Gasteiger partial charge is 0.497 e. The van der Waals surface area contributed by atoms with Gasteiger partial charge in [0.05, 0.1) is 18.6 Å². The number of carbonyl (C=O) groups is 1. The summed E-state index contributed by atoms with van der Waals surface area (Å²) < 4.78 is 23.4. The van der Waals surface area contributed by atoms with Crippen molar-refractivity contribution in [2.24, 2.45) is 5.92 Å². The van der Waals surface area contributed by atoms with Crippen LogP contribution < -0.4 is 10.1 Å². The van der Waals surface area contributed by atoms with E-state index in [9.17, 15) is 9.00 Å². The predicted molar refractivity (Wildman–Crippen MR) is 110 cm³/mol. The number of nitrogens with zero attached hydrogens (tertiary/aromatic N) is 1. The monoisotopic (exact) mass is 404 g/mol. The normalized spacial score (nSPS) is 20.5. The van der Waals surface area contributed by atoms with Gasteiger partial charge in [-0.1, -0.05) is 19.8 Å². The van der Waals surface area contributed by atoms with Gasteiger partial charge in [0, 0.05) is 22.4 Å². The Labute approximate surface area is 168 Å². The molecule has 0 aliphatic heterocycles. The molecule has 152 valence electrons. The molecular formula is C21H28N2O4S. The molecule has 1 saturated carbocycles. The van der Waals surface area contributed by atoms with Crippen molar-refractivity contribution in [3.63, 3.8) is 0 Å². The number of benzene rings is 1. The van der Waals surface area contributed by atoms with Gasteiger partial charge in [0.15, 0.2) is 0 Å². The molecule has 1 aromatic carbocycles. The van der Waals surface area contributed by atoms with Crippen molar-refractivity contribution in [3.05, 3.63) is 35.7 Å². The topological polar surface area (TPSA) is 81.4 Å². The lowest BCUT2D eigenvalue weighted by Gasteiger charge is -2.29. The number of rotatable bonds is 7. The average molecular weight is 405 g/mol. The molecule has 7 heteroatoms. The maximum Gasteiger partial charge on any atom is 0.232 e. The highest BCUT2D eigenvalue weighted by molar-refractivity contribution is 7.84. The van der Waals surface area contributed by atoms with Gasteiger partial charge in [-0.05, 0) is 49.9 Å². The Morgan fingerprint density at radius 2 is 2.00 bits per heavy atom. The van der Waals surface area contributed by atoms with E-state index in [0.29, 0.717) is 23.3 Å². The van der Waals surface area contributed by atoms with Gasteiger partial charge in [0.2, 0.25) is 11.8 Å². The van der Waals surface area contributed by atoms with Gasteiger partial charge < -0.3 is 14.5 Å². The zero-order valence-electron chi connectivity index (χ0n) is 16.7. The van der Waals surface area contributed by atoms with Gasteiger partial charge in [0.25, 0.3) is 0 Å². The number of nitrogens with one attached hydrogen (secondary N) is 1. The van der Waals surface area contributed by atoms with Crippen LogP contribution in [-0.4, -0.2) is 34.0 Å². The van der Waals surface area contributed by atoms with Crippen molar-refractivity contribution < 1.29 is 18.2 Å². The first-order valence-corrected chi connectivity index (χ1v) is 11.2. The van der Waals surface area contributed by atoms with Gasteiger partial charge in [-0.25, -0.2) is 4.98 Å². The second kappa shape index (κ2) is 9.37. The molecular weight excluding hydrogens is 376 g/mol. The smallest absolute Gasteiger partial charge is 0.232 e. The van der Waals surface area contributed by atoms with Crippen molar-refractivity contribution >= 4 is 16.7 Å². The fourth-order valence-corrected chi connectivity index (χ4v) is 4.60. The van der Waals surface area contributed by atoms with E-state index >= 15 is 0 Å². The first-order valence-electron chi connectivity index (χ1n) is 9.71. The van der Waals surface area contributed by atoms with Crippen molar-refractivity contribution in [2.75, 3.05) is 12.9 Å². The molecule has 1 N–H and O–H groups in total. The molecule has 0 bridgehead atoms. The third-order valence-corrected chi connectivity index (χ3v) is 6.46. The molecule has 1 aliphatic rings. The Kier molecular flexibility index (Phi) is 6.88. The molecule has 1 amide bonds. The standard InChI is InChI=1S/C21H28N2O4S/c1-14-6-4-5-7-18(14)22-20(24)13-28(25)12-19-15(2)27-21(23-19)16-8-10-17(26-3)11-9-16/h8-11,14,18H,4-7,12-13H2,1-3H3,(H,22,24)/t14-,18+,28+/m0/s1. The van der Waals surface area contributed by atoms with E-state index in [0.717, 1.165) is 30.6 Å². The van der Waals surface area contributed by atoms with Gasteiger partial charge >= 0.3 is 0 Å². The summed E-state index contributed by atoms with van der Waals surface area (Å²) in [5.74, 6) is 2.40. The molecule has 6 nitrogen and oxygen atoms in total. The molecule has 3 atom stereocenters. The fourth-order valence-electron chi connectivity index (χ4n) is 3.55. The lowest BCUT2D eigenvalue weighted by molar-refractivity contribution is -0.119. The molecule has 28 heavy (non-hydrogen) atoms. The lowest BCUT2D eigenvalue weighted by Crippen LogP contribution is -2.42. The Morgan fingerprint density at radius 3 is 2.68 bits per heavy atom. The van der Waals surface area contributed by atoms with Gasteiger partial charge in [-0.2, -0.15) is 0 Å². The number of aryl methyl sites for hydroxylation is 1. The number of aromatic nitrogens is 1. The SMILES string of the molecule is COc1ccc(-c2nc(C[S@@](=O)CC(=O)N[C@@H]3CCCC[C@@H]3C)c(C)o2)cc1. The number of carbonyl (C=O) groups excluding carboxylic acids is 1.